The zero-order chi connectivity index (χ0) is 17.9. The molecule has 3 nitrogen and oxygen atoms in total. The quantitative estimate of drug-likeness (QED) is 0.666. The van der Waals surface area contributed by atoms with Gasteiger partial charge in [0.15, 0.2) is 0 Å². The van der Waals surface area contributed by atoms with Crippen molar-refractivity contribution in [3.63, 3.8) is 0 Å². The molecular formula is C22H25N3. The van der Waals surface area contributed by atoms with Gasteiger partial charge in [-0.15, -0.1) is 0 Å². The second kappa shape index (κ2) is 7.14. The summed E-state index contributed by atoms with van der Waals surface area (Å²) in [4.78, 5) is 13.7. The number of aromatic nitrogens is 3. The van der Waals surface area contributed by atoms with Crippen LogP contribution in [0.2, 0.25) is 0 Å². The van der Waals surface area contributed by atoms with Crippen LogP contribution in [0.1, 0.15) is 61.8 Å². The molecule has 3 aromatic rings. The Morgan fingerprint density at radius 3 is 2.44 bits per heavy atom. The van der Waals surface area contributed by atoms with Gasteiger partial charge in [0.05, 0.1) is 5.69 Å². The summed E-state index contributed by atoms with van der Waals surface area (Å²) in [6.07, 6.45) is 6.69. The Balaban J connectivity index is 1.93. The molecule has 0 aromatic carbocycles. The molecule has 1 atom stereocenters. The van der Waals surface area contributed by atoms with Gasteiger partial charge in [-0.3, -0.25) is 15.0 Å². The van der Waals surface area contributed by atoms with Crippen LogP contribution in [0.4, 0.5) is 0 Å². The molecule has 3 rings (SSSR count). The molecule has 0 aliphatic rings. The number of aryl methyl sites for hydroxylation is 1. The first-order valence-electron chi connectivity index (χ1n) is 8.85. The molecule has 0 saturated heterocycles. The van der Waals surface area contributed by atoms with Crippen LogP contribution in [0.3, 0.4) is 0 Å². The van der Waals surface area contributed by atoms with Gasteiger partial charge in [-0.2, -0.15) is 0 Å². The van der Waals surface area contributed by atoms with E-state index >= 15 is 0 Å². The van der Waals surface area contributed by atoms with Crippen LogP contribution >= 0.6 is 0 Å². The molecule has 3 aromatic heterocycles. The molecule has 0 N–H and O–H groups in total. The zero-order valence-electron chi connectivity index (χ0n) is 15.4. The summed E-state index contributed by atoms with van der Waals surface area (Å²) < 4.78 is 0. The van der Waals surface area contributed by atoms with E-state index in [1.165, 1.54) is 11.1 Å². The summed E-state index contributed by atoms with van der Waals surface area (Å²) in [5.74, 6) is 0.206. The van der Waals surface area contributed by atoms with E-state index in [-0.39, 0.29) is 11.3 Å². The molecule has 0 radical (unpaired) electrons. The lowest BCUT2D eigenvalue weighted by Gasteiger charge is -2.25. The average Bonchev–Trinajstić information content (AvgIpc) is 2.68. The van der Waals surface area contributed by atoms with Crippen molar-refractivity contribution >= 4 is 0 Å². The lowest BCUT2D eigenvalue weighted by Crippen LogP contribution is -2.21. The minimum Gasteiger partial charge on any atom is -0.261 e. The highest BCUT2D eigenvalue weighted by Crippen LogP contribution is 2.32. The average molecular weight is 331 g/mol. The Morgan fingerprint density at radius 1 is 0.960 bits per heavy atom. The largest absolute Gasteiger partial charge is 0.261 e. The number of pyridine rings is 3. The minimum atomic E-state index is -0.164. The van der Waals surface area contributed by atoms with E-state index in [4.69, 9.17) is 0 Å². The number of nitrogens with zero attached hydrogens (tertiary/aromatic N) is 3. The second-order valence-electron chi connectivity index (χ2n) is 6.97. The molecule has 0 amide bonds. The molecular weight excluding hydrogens is 306 g/mol. The summed E-state index contributed by atoms with van der Waals surface area (Å²) in [5.41, 5.74) is 5.50. The fourth-order valence-electron chi connectivity index (χ4n) is 3.03. The summed E-state index contributed by atoms with van der Waals surface area (Å²) in [5, 5.41) is 0. The van der Waals surface area contributed by atoms with E-state index < -0.39 is 0 Å². The monoisotopic (exact) mass is 331 g/mol. The first-order chi connectivity index (χ1) is 12.0. The molecule has 128 valence electrons. The van der Waals surface area contributed by atoms with Crippen molar-refractivity contribution in [1.29, 1.82) is 0 Å². The fraction of sp³-hybridized carbons (Fsp3) is 0.318. The third-order valence-electron chi connectivity index (χ3n) is 4.96. The highest BCUT2D eigenvalue weighted by Gasteiger charge is 2.25. The van der Waals surface area contributed by atoms with Crippen LogP contribution in [-0.2, 0) is 11.8 Å². The summed E-state index contributed by atoms with van der Waals surface area (Å²) in [7, 11) is 0. The standard InChI is InChI=1S/C22H25N3/c1-5-19-10-9-17(15-25-19)16(2)20-14-18(11-13-23-20)22(3,4)21-8-6-7-12-24-21/h6-16H,5H2,1-4H3. The minimum absolute atomic E-state index is 0.164. The van der Waals surface area contributed by atoms with Crippen molar-refractivity contribution in [2.75, 3.05) is 0 Å². The van der Waals surface area contributed by atoms with Gasteiger partial charge in [-0.1, -0.05) is 39.8 Å². The third kappa shape index (κ3) is 3.60. The van der Waals surface area contributed by atoms with Crippen LogP contribution in [0.5, 0.6) is 0 Å². The first kappa shape index (κ1) is 17.3. The lowest BCUT2D eigenvalue weighted by atomic mass is 9.80. The van der Waals surface area contributed by atoms with E-state index in [1.807, 2.05) is 30.7 Å². The van der Waals surface area contributed by atoms with Gasteiger partial charge in [0, 0.05) is 41.3 Å². The van der Waals surface area contributed by atoms with Crippen molar-refractivity contribution in [3.05, 3.63) is 89.3 Å². The summed E-state index contributed by atoms with van der Waals surface area (Å²) in [6.45, 7) is 8.71. The van der Waals surface area contributed by atoms with E-state index in [9.17, 15) is 0 Å². The van der Waals surface area contributed by atoms with Gasteiger partial charge in [0.2, 0.25) is 0 Å². The molecule has 1 unspecified atom stereocenters. The summed E-state index contributed by atoms with van der Waals surface area (Å²) in [6, 6.07) is 14.6. The maximum Gasteiger partial charge on any atom is 0.0503 e. The van der Waals surface area contributed by atoms with Crippen molar-refractivity contribution in [2.24, 2.45) is 0 Å². The van der Waals surface area contributed by atoms with Gasteiger partial charge in [0.25, 0.3) is 0 Å². The Kier molecular flexibility index (Phi) is 4.93. The maximum absolute atomic E-state index is 4.62. The van der Waals surface area contributed by atoms with Gasteiger partial charge in [0.1, 0.15) is 0 Å². The van der Waals surface area contributed by atoms with Gasteiger partial charge in [-0.25, -0.2) is 0 Å². The highest BCUT2D eigenvalue weighted by atomic mass is 14.7. The lowest BCUT2D eigenvalue weighted by molar-refractivity contribution is 0.613. The van der Waals surface area contributed by atoms with Gasteiger partial charge >= 0.3 is 0 Å². The van der Waals surface area contributed by atoms with Gasteiger partial charge < -0.3 is 0 Å². The van der Waals surface area contributed by atoms with Crippen LogP contribution in [-0.4, -0.2) is 15.0 Å². The molecule has 3 heteroatoms. The summed E-state index contributed by atoms with van der Waals surface area (Å²) >= 11 is 0. The van der Waals surface area contributed by atoms with Crippen molar-refractivity contribution in [2.45, 2.75) is 45.4 Å². The van der Waals surface area contributed by atoms with E-state index in [1.54, 1.807) is 0 Å². The number of rotatable bonds is 5. The molecule has 25 heavy (non-hydrogen) atoms. The van der Waals surface area contributed by atoms with Crippen molar-refractivity contribution in [3.8, 4) is 0 Å². The molecule has 0 saturated carbocycles. The van der Waals surface area contributed by atoms with Crippen LogP contribution in [0.25, 0.3) is 0 Å². The first-order valence-corrected chi connectivity index (χ1v) is 8.85. The fourth-order valence-corrected chi connectivity index (χ4v) is 3.03. The maximum atomic E-state index is 4.62. The molecule has 0 bridgehead atoms. The molecule has 0 spiro atoms. The van der Waals surface area contributed by atoms with E-state index in [2.05, 4.69) is 73.0 Å². The van der Waals surface area contributed by atoms with Crippen molar-refractivity contribution < 1.29 is 0 Å². The molecule has 0 aliphatic heterocycles. The van der Waals surface area contributed by atoms with E-state index in [0.717, 1.165) is 23.5 Å². The molecule has 3 heterocycles. The SMILES string of the molecule is CCc1ccc(C(C)c2cc(C(C)(C)c3ccccn3)ccn2)cn1. The zero-order valence-corrected chi connectivity index (χ0v) is 15.4. The Labute approximate surface area is 150 Å². The predicted octanol–water partition coefficient (Wildman–Crippen LogP) is 4.91. The third-order valence-corrected chi connectivity index (χ3v) is 4.96. The molecule has 0 fully saturated rings. The topological polar surface area (TPSA) is 38.7 Å². The van der Waals surface area contributed by atoms with Crippen molar-refractivity contribution in [1.82, 2.24) is 15.0 Å². The smallest absolute Gasteiger partial charge is 0.0503 e. The van der Waals surface area contributed by atoms with Crippen LogP contribution in [0, 0.1) is 0 Å². The normalized spacial score (nSPS) is 12.8. The van der Waals surface area contributed by atoms with E-state index in [0.29, 0.717) is 0 Å². The number of hydrogen-bond acceptors (Lipinski definition) is 3. The number of hydrogen-bond donors (Lipinski definition) is 0. The Hall–Kier alpha value is -2.55. The Bertz CT molecular complexity index is 823. The molecule has 0 aliphatic carbocycles. The van der Waals surface area contributed by atoms with Gasteiger partial charge in [-0.05, 0) is 47.9 Å². The second-order valence-corrected chi connectivity index (χ2v) is 6.97. The predicted molar refractivity (Wildman–Crippen MR) is 102 cm³/mol. The Morgan fingerprint density at radius 2 is 1.80 bits per heavy atom. The van der Waals surface area contributed by atoms with Crippen LogP contribution in [0.15, 0.2) is 61.1 Å². The van der Waals surface area contributed by atoms with Crippen LogP contribution < -0.4 is 0 Å². The highest BCUT2D eigenvalue weighted by molar-refractivity contribution is 5.36.